The second-order valence-electron chi connectivity index (χ2n) is 8.07. The Hall–Kier alpha value is -2.77. The monoisotopic (exact) mass is 406 g/mol. The highest BCUT2D eigenvalue weighted by Gasteiger charge is 2.30. The molecule has 1 heterocycles. The van der Waals surface area contributed by atoms with Gasteiger partial charge in [-0.2, -0.15) is 0 Å². The molecule has 8 heteroatoms. The third-order valence-electron chi connectivity index (χ3n) is 4.56. The molecular weight excluding hydrogens is 376 g/mol. The van der Waals surface area contributed by atoms with Crippen LogP contribution in [0.4, 0.5) is 10.5 Å². The zero-order valence-electron chi connectivity index (χ0n) is 17.7. The first-order chi connectivity index (χ1) is 13.6. The molecule has 0 bridgehead atoms. The van der Waals surface area contributed by atoms with Crippen molar-refractivity contribution in [1.29, 1.82) is 0 Å². The molecule has 0 atom stereocenters. The standard InChI is InChI=1S/C21H30N2O6/c1-14-12-16(28-13-18(24)27-5)6-7-17(14)22-19(25)15-8-10-23(11-9-15)20(26)29-21(2,3)4/h6-7,12,15H,8-11,13H2,1-5H3,(H,22,25). The maximum atomic E-state index is 12.6. The number of nitrogens with zero attached hydrogens (tertiary/aromatic N) is 1. The first kappa shape index (κ1) is 22.5. The van der Waals surface area contributed by atoms with Crippen LogP contribution in [0.25, 0.3) is 0 Å². The highest BCUT2D eigenvalue weighted by atomic mass is 16.6. The Morgan fingerprint density at radius 3 is 2.38 bits per heavy atom. The summed E-state index contributed by atoms with van der Waals surface area (Å²) in [6, 6.07) is 5.19. The predicted octanol–water partition coefficient (Wildman–Crippen LogP) is 3.13. The minimum Gasteiger partial charge on any atom is -0.482 e. The van der Waals surface area contributed by atoms with E-state index < -0.39 is 11.6 Å². The van der Waals surface area contributed by atoms with Crippen molar-refractivity contribution in [2.45, 2.75) is 46.1 Å². The first-order valence-corrected chi connectivity index (χ1v) is 9.68. The molecule has 0 unspecified atom stereocenters. The van der Waals surface area contributed by atoms with Crippen molar-refractivity contribution in [3.05, 3.63) is 23.8 Å². The van der Waals surface area contributed by atoms with Crippen molar-refractivity contribution in [3.63, 3.8) is 0 Å². The van der Waals surface area contributed by atoms with Crippen LogP contribution in [0.3, 0.4) is 0 Å². The summed E-state index contributed by atoms with van der Waals surface area (Å²) >= 11 is 0. The van der Waals surface area contributed by atoms with Gasteiger partial charge >= 0.3 is 12.1 Å². The third-order valence-corrected chi connectivity index (χ3v) is 4.56. The molecule has 1 aliphatic rings. The Bertz CT molecular complexity index is 748. The number of esters is 1. The van der Waals surface area contributed by atoms with Crippen molar-refractivity contribution >= 4 is 23.7 Å². The number of likely N-dealkylation sites (tertiary alicyclic amines) is 1. The number of anilines is 1. The molecule has 0 radical (unpaired) electrons. The molecule has 1 saturated heterocycles. The van der Waals surface area contributed by atoms with E-state index in [1.165, 1.54) is 7.11 Å². The Labute approximate surface area is 171 Å². The SMILES string of the molecule is COC(=O)COc1ccc(NC(=O)C2CCN(C(=O)OC(C)(C)C)CC2)c(C)c1. The molecule has 1 aromatic rings. The van der Waals surface area contributed by atoms with Crippen molar-refractivity contribution < 1.29 is 28.6 Å². The van der Waals surface area contributed by atoms with Crippen LogP contribution in [0.5, 0.6) is 5.75 Å². The second-order valence-corrected chi connectivity index (χ2v) is 8.07. The quantitative estimate of drug-likeness (QED) is 0.755. The Kier molecular flexibility index (Phi) is 7.47. The molecule has 1 fully saturated rings. The number of hydrogen-bond acceptors (Lipinski definition) is 6. The maximum absolute atomic E-state index is 12.6. The normalized spacial score (nSPS) is 14.9. The molecular formula is C21H30N2O6. The van der Waals surface area contributed by atoms with Gasteiger partial charge in [-0.15, -0.1) is 0 Å². The van der Waals surface area contributed by atoms with Crippen LogP contribution >= 0.6 is 0 Å². The lowest BCUT2D eigenvalue weighted by Gasteiger charge is -2.33. The maximum Gasteiger partial charge on any atom is 0.410 e. The number of aryl methyl sites for hydroxylation is 1. The Morgan fingerprint density at radius 2 is 1.83 bits per heavy atom. The zero-order chi connectivity index (χ0) is 21.6. The lowest BCUT2D eigenvalue weighted by atomic mass is 9.96. The predicted molar refractivity (Wildman–Crippen MR) is 108 cm³/mol. The lowest BCUT2D eigenvalue weighted by molar-refractivity contribution is -0.142. The number of methoxy groups -OCH3 is 1. The van der Waals surface area contributed by atoms with Gasteiger partial charge in [-0.3, -0.25) is 4.79 Å². The van der Waals surface area contributed by atoms with Gasteiger partial charge in [0.05, 0.1) is 7.11 Å². The Balaban J connectivity index is 1.86. The third kappa shape index (κ3) is 6.96. The smallest absolute Gasteiger partial charge is 0.410 e. The molecule has 160 valence electrons. The van der Waals surface area contributed by atoms with Gasteiger partial charge in [0.15, 0.2) is 6.61 Å². The minimum atomic E-state index is -0.532. The van der Waals surface area contributed by atoms with E-state index in [9.17, 15) is 14.4 Å². The number of benzene rings is 1. The van der Waals surface area contributed by atoms with E-state index in [0.717, 1.165) is 5.56 Å². The molecule has 1 aliphatic heterocycles. The summed E-state index contributed by atoms with van der Waals surface area (Å²) in [7, 11) is 1.30. The van der Waals surface area contributed by atoms with Crippen LogP contribution in [0.15, 0.2) is 18.2 Å². The van der Waals surface area contributed by atoms with E-state index >= 15 is 0 Å². The van der Waals surface area contributed by atoms with E-state index in [1.54, 1.807) is 23.1 Å². The molecule has 2 rings (SSSR count). The number of amides is 2. The van der Waals surface area contributed by atoms with Gasteiger partial charge in [0.1, 0.15) is 11.4 Å². The number of nitrogens with one attached hydrogen (secondary N) is 1. The van der Waals surface area contributed by atoms with E-state index in [4.69, 9.17) is 9.47 Å². The highest BCUT2D eigenvalue weighted by molar-refractivity contribution is 5.93. The van der Waals surface area contributed by atoms with Gasteiger partial charge in [-0.05, 0) is 64.3 Å². The van der Waals surface area contributed by atoms with E-state index in [0.29, 0.717) is 37.4 Å². The molecule has 1 N–H and O–H groups in total. The molecule has 0 aliphatic carbocycles. The van der Waals surface area contributed by atoms with Crippen molar-refractivity contribution in [2.24, 2.45) is 5.92 Å². The van der Waals surface area contributed by atoms with Crippen LogP contribution in [-0.2, 0) is 19.1 Å². The fourth-order valence-electron chi connectivity index (χ4n) is 2.95. The molecule has 8 nitrogen and oxygen atoms in total. The van der Waals surface area contributed by atoms with E-state index in [2.05, 4.69) is 10.1 Å². The average Bonchev–Trinajstić information content (AvgIpc) is 2.66. The van der Waals surface area contributed by atoms with Crippen molar-refractivity contribution in [1.82, 2.24) is 4.90 Å². The van der Waals surface area contributed by atoms with Crippen LogP contribution in [0, 0.1) is 12.8 Å². The lowest BCUT2D eigenvalue weighted by Crippen LogP contribution is -2.43. The molecule has 2 amide bonds. The fourth-order valence-corrected chi connectivity index (χ4v) is 2.95. The fraction of sp³-hybridized carbons (Fsp3) is 0.571. The molecule has 0 aromatic heterocycles. The average molecular weight is 406 g/mol. The summed E-state index contributed by atoms with van der Waals surface area (Å²) in [5.74, 6) is -0.169. The summed E-state index contributed by atoms with van der Waals surface area (Å²) < 4.78 is 15.3. The summed E-state index contributed by atoms with van der Waals surface area (Å²) in [6.07, 6.45) is 0.837. The van der Waals surface area contributed by atoms with E-state index in [-0.39, 0.29) is 24.5 Å². The largest absolute Gasteiger partial charge is 0.482 e. The number of piperidine rings is 1. The van der Waals surface area contributed by atoms with Crippen LogP contribution in [-0.4, -0.2) is 55.3 Å². The van der Waals surface area contributed by atoms with E-state index in [1.807, 2.05) is 27.7 Å². The number of carbonyl (C=O) groups excluding carboxylic acids is 3. The van der Waals surface area contributed by atoms with Crippen molar-refractivity contribution in [2.75, 3.05) is 32.1 Å². The zero-order valence-corrected chi connectivity index (χ0v) is 17.7. The molecule has 29 heavy (non-hydrogen) atoms. The first-order valence-electron chi connectivity index (χ1n) is 9.68. The number of hydrogen-bond donors (Lipinski definition) is 1. The summed E-state index contributed by atoms with van der Waals surface area (Å²) in [5.41, 5.74) is 0.983. The van der Waals surface area contributed by atoms with Crippen LogP contribution in [0.2, 0.25) is 0 Å². The van der Waals surface area contributed by atoms with Gasteiger partial charge in [-0.25, -0.2) is 9.59 Å². The van der Waals surface area contributed by atoms with Gasteiger partial charge in [0.2, 0.25) is 5.91 Å². The van der Waals surface area contributed by atoms with Crippen LogP contribution < -0.4 is 10.1 Å². The number of ether oxygens (including phenoxy) is 3. The summed E-state index contributed by atoms with van der Waals surface area (Å²) in [5, 5.41) is 2.94. The van der Waals surface area contributed by atoms with Gasteiger partial charge in [0.25, 0.3) is 0 Å². The number of carbonyl (C=O) groups is 3. The summed E-state index contributed by atoms with van der Waals surface area (Å²) in [6.45, 7) is 8.17. The molecule has 0 saturated carbocycles. The van der Waals surface area contributed by atoms with Crippen LogP contribution in [0.1, 0.15) is 39.2 Å². The topological polar surface area (TPSA) is 94.2 Å². The van der Waals surface area contributed by atoms with Gasteiger partial charge < -0.3 is 24.4 Å². The molecule has 1 aromatic carbocycles. The minimum absolute atomic E-state index is 0.0693. The Morgan fingerprint density at radius 1 is 1.17 bits per heavy atom. The van der Waals surface area contributed by atoms with Crippen molar-refractivity contribution in [3.8, 4) is 5.75 Å². The van der Waals surface area contributed by atoms with Gasteiger partial charge in [-0.1, -0.05) is 0 Å². The van der Waals surface area contributed by atoms with Gasteiger partial charge in [0, 0.05) is 24.7 Å². The highest BCUT2D eigenvalue weighted by Crippen LogP contribution is 2.25. The summed E-state index contributed by atoms with van der Waals surface area (Å²) in [4.78, 5) is 37.6. The molecule has 0 spiro atoms. The second kappa shape index (κ2) is 9.62. The number of rotatable bonds is 5.